The molecular formula is C25H31N3O4S. The maximum Gasteiger partial charge on any atom is 0.243 e. The van der Waals surface area contributed by atoms with E-state index in [1.165, 1.54) is 34.6 Å². The quantitative estimate of drug-likeness (QED) is 0.629. The molecule has 2 aliphatic rings. The van der Waals surface area contributed by atoms with Crippen LogP contribution in [0.2, 0.25) is 0 Å². The highest BCUT2D eigenvalue weighted by Gasteiger charge is 2.34. The molecule has 0 unspecified atom stereocenters. The SMILES string of the molecule is CC(=O)c1ccc(S(=O)(=O)N2CCC(C(=O)N3CCN(c4ccccc4C)CC3)CC2)cc1. The van der Waals surface area contributed by atoms with Gasteiger partial charge in [-0.25, -0.2) is 8.42 Å². The third kappa shape index (κ3) is 4.96. The Hall–Kier alpha value is -2.71. The fraction of sp³-hybridized carbons (Fsp3) is 0.440. The van der Waals surface area contributed by atoms with Crippen LogP contribution in [-0.2, 0) is 14.8 Å². The average Bonchev–Trinajstić information content (AvgIpc) is 2.84. The van der Waals surface area contributed by atoms with Gasteiger partial charge >= 0.3 is 0 Å². The first-order valence-corrected chi connectivity index (χ1v) is 12.9. The fourth-order valence-corrected chi connectivity index (χ4v) is 6.17. The molecule has 1 amide bonds. The molecule has 2 aromatic carbocycles. The summed E-state index contributed by atoms with van der Waals surface area (Å²) in [4.78, 5) is 29.0. The Kier molecular flexibility index (Phi) is 6.86. The largest absolute Gasteiger partial charge is 0.368 e. The number of para-hydroxylation sites is 1. The van der Waals surface area contributed by atoms with E-state index in [-0.39, 0.29) is 22.5 Å². The lowest BCUT2D eigenvalue weighted by molar-refractivity contribution is -0.137. The number of hydrogen-bond acceptors (Lipinski definition) is 5. The summed E-state index contributed by atoms with van der Waals surface area (Å²) in [5, 5.41) is 0. The molecule has 33 heavy (non-hydrogen) atoms. The van der Waals surface area contributed by atoms with Crippen molar-refractivity contribution in [2.24, 2.45) is 5.92 Å². The van der Waals surface area contributed by atoms with Gasteiger partial charge in [0.15, 0.2) is 5.78 Å². The number of anilines is 1. The van der Waals surface area contributed by atoms with Crippen molar-refractivity contribution in [2.45, 2.75) is 31.6 Å². The van der Waals surface area contributed by atoms with Crippen LogP contribution in [0.4, 0.5) is 5.69 Å². The number of hydrogen-bond donors (Lipinski definition) is 0. The van der Waals surface area contributed by atoms with Gasteiger partial charge in [-0.05, 0) is 50.5 Å². The molecule has 0 radical (unpaired) electrons. The second kappa shape index (κ2) is 9.65. The Bertz CT molecular complexity index is 1110. The van der Waals surface area contributed by atoms with Crippen LogP contribution in [0.15, 0.2) is 53.4 Å². The Morgan fingerprint density at radius 1 is 0.848 bits per heavy atom. The van der Waals surface area contributed by atoms with Crippen molar-refractivity contribution in [1.82, 2.24) is 9.21 Å². The number of ketones is 1. The summed E-state index contributed by atoms with van der Waals surface area (Å²) in [6.07, 6.45) is 1.06. The van der Waals surface area contributed by atoms with E-state index in [0.29, 0.717) is 44.6 Å². The van der Waals surface area contributed by atoms with Gasteiger partial charge in [-0.2, -0.15) is 4.31 Å². The molecule has 2 fully saturated rings. The van der Waals surface area contributed by atoms with Crippen LogP contribution in [0.3, 0.4) is 0 Å². The Morgan fingerprint density at radius 3 is 2.03 bits per heavy atom. The third-order valence-corrected chi connectivity index (χ3v) is 8.66. The molecule has 0 saturated carbocycles. The number of Topliss-reactive ketones (excluding diaryl/α,β-unsaturated/α-hetero) is 1. The molecule has 2 aromatic rings. The van der Waals surface area contributed by atoms with Gasteiger partial charge in [-0.3, -0.25) is 9.59 Å². The number of carbonyl (C=O) groups excluding carboxylic acids is 2. The van der Waals surface area contributed by atoms with E-state index in [4.69, 9.17) is 0 Å². The number of rotatable bonds is 5. The lowest BCUT2D eigenvalue weighted by Crippen LogP contribution is -2.52. The van der Waals surface area contributed by atoms with E-state index in [1.54, 1.807) is 12.1 Å². The predicted molar refractivity (Wildman–Crippen MR) is 128 cm³/mol. The van der Waals surface area contributed by atoms with Gasteiger partial charge in [0.25, 0.3) is 0 Å². The molecule has 0 aliphatic carbocycles. The molecule has 7 nitrogen and oxygen atoms in total. The second-order valence-corrected chi connectivity index (χ2v) is 10.8. The summed E-state index contributed by atoms with van der Waals surface area (Å²) >= 11 is 0. The van der Waals surface area contributed by atoms with Gasteiger partial charge < -0.3 is 9.80 Å². The maximum atomic E-state index is 13.1. The van der Waals surface area contributed by atoms with Crippen molar-refractivity contribution < 1.29 is 18.0 Å². The van der Waals surface area contributed by atoms with E-state index in [0.717, 1.165) is 13.1 Å². The van der Waals surface area contributed by atoms with E-state index in [1.807, 2.05) is 17.0 Å². The minimum atomic E-state index is -3.63. The number of piperidine rings is 1. The van der Waals surface area contributed by atoms with E-state index >= 15 is 0 Å². The smallest absolute Gasteiger partial charge is 0.243 e. The summed E-state index contributed by atoms with van der Waals surface area (Å²) in [6.45, 7) is 7.20. The predicted octanol–water partition coefficient (Wildman–Crippen LogP) is 2.95. The van der Waals surface area contributed by atoms with Crippen LogP contribution < -0.4 is 4.90 Å². The molecule has 0 atom stereocenters. The topological polar surface area (TPSA) is 78.0 Å². The third-order valence-electron chi connectivity index (χ3n) is 6.75. The van der Waals surface area contributed by atoms with Crippen molar-refractivity contribution in [1.29, 1.82) is 0 Å². The zero-order valence-electron chi connectivity index (χ0n) is 19.2. The molecular weight excluding hydrogens is 438 g/mol. The molecule has 4 rings (SSSR count). The zero-order valence-corrected chi connectivity index (χ0v) is 20.1. The molecule has 2 heterocycles. The van der Waals surface area contributed by atoms with Gasteiger partial charge in [0.1, 0.15) is 0 Å². The highest BCUT2D eigenvalue weighted by atomic mass is 32.2. The lowest BCUT2D eigenvalue weighted by atomic mass is 9.96. The van der Waals surface area contributed by atoms with E-state index in [9.17, 15) is 18.0 Å². The van der Waals surface area contributed by atoms with Crippen LogP contribution in [0.25, 0.3) is 0 Å². The van der Waals surface area contributed by atoms with Gasteiger partial charge in [0, 0.05) is 56.4 Å². The van der Waals surface area contributed by atoms with E-state index < -0.39 is 10.0 Å². The number of benzene rings is 2. The van der Waals surface area contributed by atoms with Crippen LogP contribution in [0.1, 0.15) is 35.7 Å². The highest BCUT2D eigenvalue weighted by Crippen LogP contribution is 2.27. The summed E-state index contributed by atoms with van der Waals surface area (Å²) in [7, 11) is -3.63. The lowest BCUT2D eigenvalue weighted by Gasteiger charge is -2.39. The zero-order chi connectivity index (χ0) is 23.6. The summed E-state index contributed by atoms with van der Waals surface area (Å²) < 4.78 is 27.4. The molecule has 8 heteroatoms. The molecule has 0 spiro atoms. The van der Waals surface area contributed by atoms with Crippen molar-refractivity contribution in [3.63, 3.8) is 0 Å². The van der Waals surface area contributed by atoms with E-state index in [2.05, 4.69) is 24.0 Å². The minimum Gasteiger partial charge on any atom is -0.368 e. The number of carbonyl (C=O) groups is 2. The van der Waals surface area contributed by atoms with Crippen molar-refractivity contribution in [2.75, 3.05) is 44.2 Å². The maximum absolute atomic E-state index is 13.1. The normalized spacial score (nSPS) is 18.4. The van der Waals surface area contributed by atoms with Crippen LogP contribution in [-0.4, -0.2) is 68.6 Å². The van der Waals surface area contributed by atoms with Crippen molar-refractivity contribution in [3.8, 4) is 0 Å². The van der Waals surface area contributed by atoms with Gasteiger partial charge in [-0.15, -0.1) is 0 Å². The Labute approximate surface area is 196 Å². The van der Waals surface area contributed by atoms with Crippen LogP contribution in [0.5, 0.6) is 0 Å². The molecule has 176 valence electrons. The highest BCUT2D eigenvalue weighted by molar-refractivity contribution is 7.89. The second-order valence-electron chi connectivity index (χ2n) is 8.86. The minimum absolute atomic E-state index is 0.0991. The van der Waals surface area contributed by atoms with Gasteiger partial charge in [0.05, 0.1) is 4.90 Å². The first-order valence-electron chi connectivity index (χ1n) is 11.5. The fourth-order valence-electron chi connectivity index (χ4n) is 4.70. The first-order chi connectivity index (χ1) is 15.8. The average molecular weight is 470 g/mol. The number of piperazine rings is 1. The monoisotopic (exact) mass is 469 g/mol. The first kappa shape index (κ1) is 23.4. The van der Waals surface area contributed by atoms with Gasteiger partial charge in [-0.1, -0.05) is 30.3 Å². The standard InChI is InChI=1S/C25H31N3O4S/c1-19-5-3-4-6-24(19)26-15-17-27(18-16-26)25(30)22-11-13-28(14-12-22)33(31,32)23-9-7-21(8-10-23)20(2)29/h3-10,22H,11-18H2,1-2H3. The van der Waals surface area contributed by atoms with Crippen molar-refractivity contribution in [3.05, 3.63) is 59.7 Å². The molecule has 2 saturated heterocycles. The Morgan fingerprint density at radius 2 is 1.45 bits per heavy atom. The number of sulfonamides is 1. The van der Waals surface area contributed by atoms with Crippen molar-refractivity contribution >= 4 is 27.4 Å². The summed E-state index contributed by atoms with van der Waals surface area (Å²) in [6, 6.07) is 14.4. The molecule has 0 bridgehead atoms. The van der Waals surface area contributed by atoms with Crippen LogP contribution in [0, 0.1) is 12.8 Å². The van der Waals surface area contributed by atoms with Crippen LogP contribution >= 0.6 is 0 Å². The molecule has 0 aromatic heterocycles. The number of amides is 1. The number of nitrogens with zero attached hydrogens (tertiary/aromatic N) is 3. The molecule has 0 N–H and O–H groups in total. The number of aryl methyl sites for hydroxylation is 1. The van der Waals surface area contributed by atoms with Gasteiger partial charge in [0.2, 0.25) is 15.9 Å². The Balaban J connectivity index is 1.32. The summed E-state index contributed by atoms with van der Waals surface area (Å²) in [5.74, 6) is -0.0955. The summed E-state index contributed by atoms with van der Waals surface area (Å²) in [5.41, 5.74) is 2.95. The molecule has 2 aliphatic heterocycles.